The van der Waals surface area contributed by atoms with Crippen LogP contribution in [0.25, 0.3) is 0 Å². The van der Waals surface area contributed by atoms with E-state index < -0.39 is 17.6 Å². The second-order valence-electron chi connectivity index (χ2n) is 4.75. The van der Waals surface area contributed by atoms with E-state index in [0.717, 1.165) is 19.4 Å². The van der Waals surface area contributed by atoms with Crippen LogP contribution in [0.1, 0.15) is 39.0 Å². The van der Waals surface area contributed by atoms with E-state index in [0.29, 0.717) is 13.0 Å². The number of nitrogens with two attached hydrogens (primary N) is 1. The first-order valence-electron chi connectivity index (χ1n) is 5.95. The molecule has 1 saturated carbocycles. The molecule has 0 aromatic rings. The van der Waals surface area contributed by atoms with E-state index in [1.807, 2.05) is 6.92 Å². The molecule has 3 N–H and O–H groups in total. The van der Waals surface area contributed by atoms with Gasteiger partial charge in [0, 0.05) is 12.1 Å². The van der Waals surface area contributed by atoms with Crippen molar-refractivity contribution < 1.29 is 13.2 Å². The third kappa shape index (κ3) is 3.35. The second-order valence-corrected chi connectivity index (χ2v) is 4.75. The highest BCUT2D eigenvalue weighted by atomic mass is 19.4. The summed E-state index contributed by atoms with van der Waals surface area (Å²) in [6.07, 6.45) is -1.41. The van der Waals surface area contributed by atoms with Crippen molar-refractivity contribution in [2.75, 3.05) is 13.1 Å². The van der Waals surface area contributed by atoms with Crippen molar-refractivity contribution in [1.29, 1.82) is 0 Å². The first-order chi connectivity index (χ1) is 7.43. The predicted octanol–water partition coefficient (Wildman–Crippen LogP) is 2.44. The van der Waals surface area contributed by atoms with E-state index in [9.17, 15) is 13.2 Å². The van der Waals surface area contributed by atoms with Gasteiger partial charge >= 0.3 is 6.18 Å². The van der Waals surface area contributed by atoms with Crippen molar-refractivity contribution >= 4 is 0 Å². The van der Waals surface area contributed by atoms with Crippen LogP contribution in [0.2, 0.25) is 0 Å². The van der Waals surface area contributed by atoms with Gasteiger partial charge in [-0.1, -0.05) is 13.3 Å². The van der Waals surface area contributed by atoms with Crippen molar-refractivity contribution in [2.45, 2.75) is 50.7 Å². The Labute approximate surface area is 94.8 Å². The molecule has 0 amide bonds. The van der Waals surface area contributed by atoms with Crippen LogP contribution < -0.4 is 11.1 Å². The van der Waals surface area contributed by atoms with Crippen LogP contribution in [0.15, 0.2) is 0 Å². The van der Waals surface area contributed by atoms with E-state index in [2.05, 4.69) is 5.32 Å². The van der Waals surface area contributed by atoms with Crippen molar-refractivity contribution in [3.63, 3.8) is 0 Å². The van der Waals surface area contributed by atoms with Gasteiger partial charge < -0.3 is 11.1 Å². The normalized spacial score (nSPS) is 31.7. The molecule has 2 nitrogen and oxygen atoms in total. The van der Waals surface area contributed by atoms with Gasteiger partial charge in [-0.15, -0.1) is 0 Å². The average molecular weight is 238 g/mol. The van der Waals surface area contributed by atoms with E-state index >= 15 is 0 Å². The highest BCUT2D eigenvalue weighted by molar-refractivity contribution is 4.96. The smallest absolute Gasteiger partial charge is 0.329 e. The number of rotatable bonds is 4. The van der Waals surface area contributed by atoms with Gasteiger partial charge in [-0.2, -0.15) is 13.2 Å². The molecule has 1 fully saturated rings. The lowest BCUT2D eigenvalue weighted by atomic mass is 9.75. The first kappa shape index (κ1) is 13.8. The molecule has 96 valence electrons. The third-order valence-corrected chi connectivity index (χ3v) is 3.45. The quantitative estimate of drug-likeness (QED) is 0.789. The number of nitrogens with one attached hydrogen (secondary N) is 1. The third-order valence-electron chi connectivity index (χ3n) is 3.45. The van der Waals surface area contributed by atoms with Crippen LogP contribution in [0.4, 0.5) is 13.2 Å². The van der Waals surface area contributed by atoms with Crippen LogP contribution in [-0.4, -0.2) is 24.8 Å². The zero-order valence-corrected chi connectivity index (χ0v) is 9.74. The summed E-state index contributed by atoms with van der Waals surface area (Å²) in [6, 6.07) is 0. The highest BCUT2D eigenvalue weighted by Crippen LogP contribution is 2.41. The van der Waals surface area contributed by atoms with E-state index in [1.165, 1.54) is 0 Å². The van der Waals surface area contributed by atoms with E-state index in [1.54, 1.807) is 0 Å². The van der Waals surface area contributed by atoms with Gasteiger partial charge in [-0.05, 0) is 32.2 Å². The lowest BCUT2D eigenvalue weighted by Crippen LogP contribution is -2.55. The lowest BCUT2D eigenvalue weighted by molar-refractivity contribution is -0.188. The van der Waals surface area contributed by atoms with Gasteiger partial charge in [0.05, 0.1) is 5.92 Å². The highest BCUT2D eigenvalue weighted by Gasteiger charge is 2.46. The molecule has 0 saturated heterocycles. The maximum absolute atomic E-state index is 12.7. The molecule has 1 rings (SSSR count). The Hall–Kier alpha value is -0.290. The fourth-order valence-electron chi connectivity index (χ4n) is 2.45. The largest absolute Gasteiger partial charge is 0.391 e. The molecular formula is C11H21F3N2. The molecule has 16 heavy (non-hydrogen) atoms. The Bertz CT molecular complexity index is 218. The van der Waals surface area contributed by atoms with E-state index in [4.69, 9.17) is 5.73 Å². The summed E-state index contributed by atoms with van der Waals surface area (Å²) in [5.41, 5.74) is 5.16. The molecule has 0 spiro atoms. The summed E-state index contributed by atoms with van der Waals surface area (Å²) in [6.45, 7) is 3.03. The molecule has 2 atom stereocenters. The van der Waals surface area contributed by atoms with Crippen LogP contribution in [-0.2, 0) is 0 Å². The Morgan fingerprint density at radius 1 is 1.44 bits per heavy atom. The molecule has 5 heteroatoms. The molecule has 0 aromatic carbocycles. The monoisotopic (exact) mass is 238 g/mol. The van der Waals surface area contributed by atoms with Gasteiger partial charge in [0.25, 0.3) is 0 Å². The van der Waals surface area contributed by atoms with Crippen LogP contribution in [0, 0.1) is 5.92 Å². The van der Waals surface area contributed by atoms with Crippen molar-refractivity contribution in [1.82, 2.24) is 5.32 Å². The summed E-state index contributed by atoms with van der Waals surface area (Å²) in [7, 11) is 0. The van der Waals surface area contributed by atoms with Crippen molar-refractivity contribution in [2.24, 2.45) is 11.7 Å². The zero-order valence-electron chi connectivity index (χ0n) is 9.74. The second kappa shape index (κ2) is 5.36. The summed E-state index contributed by atoms with van der Waals surface area (Å²) in [4.78, 5) is 0. The van der Waals surface area contributed by atoms with Crippen LogP contribution in [0.5, 0.6) is 0 Å². The molecule has 0 radical (unpaired) electrons. The summed E-state index contributed by atoms with van der Waals surface area (Å²) in [5.74, 6) is -1.19. The summed E-state index contributed by atoms with van der Waals surface area (Å²) >= 11 is 0. The van der Waals surface area contributed by atoms with E-state index in [-0.39, 0.29) is 12.8 Å². The molecular weight excluding hydrogens is 217 g/mol. The molecule has 1 aliphatic carbocycles. The van der Waals surface area contributed by atoms with Gasteiger partial charge in [0.2, 0.25) is 0 Å². The number of hydrogen-bond acceptors (Lipinski definition) is 2. The minimum absolute atomic E-state index is 0.132. The zero-order chi connectivity index (χ0) is 12.2. The Kier molecular flexibility index (Phi) is 4.62. The Morgan fingerprint density at radius 2 is 2.12 bits per heavy atom. The average Bonchev–Trinajstić information content (AvgIpc) is 2.25. The van der Waals surface area contributed by atoms with Crippen molar-refractivity contribution in [3.8, 4) is 0 Å². The molecule has 1 aliphatic rings. The minimum atomic E-state index is -4.07. The maximum atomic E-state index is 12.7. The van der Waals surface area contributed by atoms with Gasteiger partial charge in [-0.3, -0.25) is 0 Å². The fourth-order valence-corrected chi connectivity index (χ4v) is 2.45. The van der Waals surface area contributed by atoms with Crippen LogP contribution in [0.3, 0.4) is 0 Å². The lowest BCUT2D eigenvalue weighted by Gasteiger charge is -2.41. The predicted molar refractivity (Wildman–Crippen MR) is 58.1 cm³/mol. The van der Waals surface area contributed by atoms with Gasteiger partial charge in [-0.25, -0.2) is 0 Å². The molecule has 0 aliphatic heterocycles. The molecule has 0 aromatic heterocycles. The molecule has 0 bridgehead atoms. The summed E-state index contributed by atoms with van der Waals surface area (Å²) < 4.78 is 38.0. The maximum Gasteiger partial charge on any atom is 0.391 e. The Balaban J connectivity index is 2.64. The van der Waals surface area contributed by atoms with Crippen molar-refractivity contribution in [3.05, 3.63) is 0 Å². The molecule has 2 unspecified atom stereocenters. The molecule has 0 heterocycles. The van der Waals surface area contributed by atoms with Gasteiger partial charge in [0.1, 0.15) is 0 Å². The van der Waals surface area contributed by atoms with Gasteiger partial charge in [0.15, 0.2) is 0 Å². The van der Waals surface area contributed by atoms with Crippen LogP contribution >= 0.6 is 0 Å². The first-order valence-corrected chi connectivity index (χ1v) is 5.95. The number of hydrogen-bond donors (Lipinski definition) is 2. The fraction of sp³-hybridized carbons (Fsp3) is 1.00. The Morgan fingerprint density at radius 3 is 2.62 bits per heavy atom. The number of alkyl halides is 3. The standard InChI is InChI=1S/C11H21F3N2/c1-2-6-16-10(8-15)5-3-4-9(7-10)11(12,13)14/h9,16H,2-8,15H2,1H3. The SMILES string of the molecule is CCCNC1(CN)CCCC(C(F)(F)F)C1. The number of halogens is 3. The minimum Gasteiger partial charge on any atom is -0.329 e. The topological polar surface area (TPSA) is 38.0 Å². The summed E-state index contributed by atoms with van der Waals surface area (Å²) in [5, 5.41) is 3.21.